The highest BCUT2D eigenvalue weighted by molar-refractivity contribution is 5.17. The van der Waals surface area contributed by atoms with Gasteiger partial charge in [0.1, 0.15) is 0 Å². The van der Waals surface area contributed by atoms with Crippen molar-refractivity contribution >= 4 is 0 Å². The summed E-state index contributed by atoms with van der Waals surface area (Å²) in [6, 6.07) is 11.1. The molecule has 0 aromatic heterocycles. The van der Waals surface area contributed by atoms with Crippen LogP contribution < -0.4 is 5.73 Å². The summed E-state index contributed by atoms with van der Waals surface area (Å²) >= 11 is 0. The third-order valence-corrected chi connectivity index (χ3v) is 2.32. The van der Waals surface area contributed by atoms with Crippen LogP contribution in [-0.4, -0.2) is 6.04 Å². The maximum atomic E-state index is 5.71. The van der Waals surface area contributed by atoms with E-state index >= 15 is 0 Å². The van der Waals surface area contributed by atoms with Crippen LogP contribution in [0.1, 0.15) is 12.0 Å². The van der Waals surface area contributed by atoms with Crippen LogP contribution in [0.4, 0.5) is 0 Å². The molecular formula is C10H13N. The van der Waals surface area contributed by atoms with Crippen molar-refractivity contribution in [3.05, 3.63) is 35.9 Å². The normalized spacial score (nSPS) is 28.5. The first-order valence-corrected chi connectivity index (χ1v) is 4.16. The first kappa shape index (κ1) is 6.86. The smallest absolute Gasteiger partial charge is 0.00742 e. The monoisotopic (exact) mass is 147 g/mol. The predicted octanol–water partition coefficient (Wildman–Crippen LogP) is 1.58. The van der Waals surface area contributed by atoms with Crippen molar-refractivity contribution in [2.24, 2.45) is 11.7 Å². The topological polar surface area (TPSA) is 26.0 Å². The lowest BCUT2D eigenvalue weighted by molar-refractivity contribution is 0.786. The van der Waals surface area contributed by atoms with Gasteiger partial charge in [-0.05, 0) is 24.3 Å². The minimum absolute atomic E-state index is 0.482. The van der Waals surface area contributed by atoms with E-state index < -0.39 is 0 Å². The summed E-state index contributed by atoms with van der Waals surface area (Å²) in [4.78, 5) is 0. The van der Waals surface area contributed by atoms with Crippen molar-refractivity contribution in [1.29, 1.82) is 0 Å². The van der Waals surface area contributed by atoms with Gasteiger partial charge < -0.3 is 5.73 Å². The molecular weight excluding hydrogens is 134 g/mol. The van der Waals surface area contributed by atoms with Gasteiger partial charge in [0.2, 0.25) is 0 Å². The summed E-state index contributed by atoms with van der Waals surface area (Å²) in [5.74, 6) is 0.761. The highest BCUT2D eigenvalue weighted by Crippen LogP contribution is 2.31. The van der Waals surface area contributed by atoms with Crippen molar-refractivity contribution in [2.75, 3.05) is 0 Å². The number of benzene rings is 1. The summed E-state index contributed by atoms with van der Waals surface area (Å²) in [7, 11) is 0. The fourth-order valence-corrected chi connectivity index (χ4v) is 1.42. The molecule has 1 heteroatoms. The largest absolute Gasteiger partial charge is 0.327 e. The van der Waals surface area contributed by atoms with Crippen LogP contribution in [0, 0.1) is 5.92 Å². The maximum Gasteiger partial charge on any atom is 0.00742 e. The van der Waals surface area contributed by atoms with E-state index in [9.17, 15) is 0 Å². The van der Waals surface area contributed by atoms with Crippen molar-refractivity contribution in [2.45, 2.75) is 18.9 Å². The summed E-state index contributed by atoms with van der Waals surface area (Å²) in [5.41, 5.74) is 7.14. The Kier molecular flexibility index (Phi) is 1.66. The average molecular weight is 147 g/mol. The highest BCUT2D eigenvalue weighted by Gasteiger charge is 2.32. The fraction of sp³-hybridized carbons (Fsp3) is 0.400. The second kappa shape index (κ2) is 2.67. The lowest BCUT2D eigenvalue weighted by atomic mass is 10.1. The zero-order valence-corrected chi connectivity index (χ0v) is 6.53. The Bertz CT molecular complexity index is 230. The number of hydrogen-bond donors (Lipinski definition) is 1. The molecule has 2 atom stereocenters. The Hall–Kier alpha value is -0.820. The SMILES string of the molecule is NC1C[C@@H]1Cc1ccccc1. The van der Waals surface area contributed by atoms with Crippen LogP contribution in [0.3, 0.4) is 0 Å². The van der Waals surface area contributed by atoms with E-state index in [0.717, 1.165) is 5.92 Å². The molecule has 1 aliphatic rings. The molecule has 0 saturated heterocycles. The van der Waals surface area contributed by atoms with Crippen LogP contribution in [0.25, 0.3) is 0 Å². The van der Waals surface area contributed by atoms with Crippen LogP contribution >= 0.6 is 0 Å². The molecule has 2 N–H and O–H groups in total. The van der Waals surface area contributed by atoms with E-state index in [-0.39, 0.29) is 0 Å². The lowest BCUT2D eigenvalue weighted by Gasteiger charge is -1.96. The van der Waals surface area contributed by atoms with E-state index in [1.54, 1.807) is 0 Å². The predicted molar refractivity (Wildman–Crippen MR) is 46.2 cm³/mol. The van der Waals surface area contributed by atoms with E-state index in [0.29, 0.717) is 6.04 Å². The molecule has 1 saturated carbocycles. The molecule has 0 aliphatic heterocycles. The van der Waals surface area contributed by atoms with E-state index in [1.807, 2.05) is 0 Å². The number of hydrogen-bond acceptors (Lipinski definition) is 1. The number of rotatable bonds is 2. The Morgan fingerprint density at radius 2 is 1.91 bits per heavy atom. The van der Waals surface area contributed by atoms with Gasteiger partial charge in [-0.25, -0.2) is 0 Å². The van der Waals surface area contributed by atoms with Gasteiger partial charge in [-0.2, -0.15) is 0 Å². The van der Waals surface area contributed by atoms with Crippen LogP contribution in [0.2, 0.25) is 0 Å². The second-order valence-corrected chi connectivity index (χ2v) is 3.35. The molecule has 1 fully saturated rings. The molecule has 1 aliphatic carbocycles. The van der Waals surface area contributed by atoms with Crippen LogP contribution in [0.15, 0.2) is 30.3 Å². The third kappa shape index (κ3) is 1.60. The van der Waals surface area contributed by atoms with Crippen molar-refractivity contribution < 1.29 is 0 Å². The van der Waals surface area contributed by atoms with E-state index in [4.69, 9.17) is 5.73 Å². The molecule has 1 nitrogen and oxygen atoms in total. The molecule has 1 aromatic carbocycles. The molecule has 0 heterocycles. The van der Waals surface area contributed by atoms with Gasteiger partial charge in [0.05, 0.1) is 0 Å². The molecule has 0 spiro atoms. The van der Waals surface area contributed by atoms with Crippen molar-refractivity contribution in [3.8, 4) is 0 Å². The van der Waals surface area contributed by atoms with Gasteiger partial charge in [-0.3, -0.25) is 0 Å². The van der Waals surface area contributed by atoms with E-state index in [1.165, 1.54) is 18.4 Å². The van der Waals surface area contributed by atoms with Gasteiger partial charge in [0.25, 0.3) is 0 Å². The van der Waals surface area contributed by atoms with Gasteiger partial charge in [-0.15, -0.1) is 0 Å². The van der Waals surface area contributed by atoms with Gasteiger partial charge in [0.15, 0.2) is 0 Å². The zero-order valence-electron chi connectivity index (χ0n) is 6.53. The maximum absolute atomic E-state index is 5.71. The average Bonchev–Trinajstić information content (AvgIpc) is 2.69. The molecule has 0 radical (unpaired) electrons. The Balaban J connectivity index is 1.97. The second-order valence-electron chi connectivity index (χ2n) is 3.35. The molecule has 2 rings (SSSR count). The van der Waals surface area contributed by atoms with Gasteiger partial charge >= 0.3 is 0 Å². The molecule has 1 aromatic rings. The number of nitrogens with two attached hydrogens (primary N) is 1. The van der Waals surface area contributed by atoms with Crippen LogP contribution in [0.5, 0.6) is 0 Å². The quantitative estimate of drug-likeness (QED) is 0.675. The van der Waals surface area contributed by atoms with Crippen LogP contribution in [-0.2, 0) is 6.42 Å². The molecule has 11 heavy (non-hydrogen) atoms. The minimum atomic E-state index is 0.482. The zero-order chi connectivity index (χ0) is 7.68. The van der Waals surface area contributed by atoms with Gasteiger partial charge in [0, 0.05) is 6.04 Å². The van der Waals surface area contributed by atoms with Gasteiger partial charge in [-0.1, -0.05) is 30.3 Å². The molecule has 0 amide bonds. The first-order chi connectivity index (χ1) is 5.36. The summed E-state index contributed by atoms with van der Waals surface area (Å²) < 4.78 is 0. The van der Waals surface area contributed by atoms with Crippen molar-refractivity contribution in [3.63, 3.8) is 0 Å². The third-order valence-electron chi connectivity index (χ3n) is 2.32. The Labute approximate surface area is 67.2 Å². The van der Waals surface area contributed by atoms with E-state index in [2.05, 4.69) is 30.3 Å². The fourth-order valence-electron chi connectivity index (χ4n) is 1.42. The lowest BCUT2D eigenvalue weighted by Crippen LogP contribution is -2.03. The molecule has 58 valence electrons. The molecule has 0 bridgehead atoms. The Morgan fingerprint density at radius 3 is 2.45 bits per heavy atom. The first-order valence-electron chi connectivity index (χ1n) is 4.16. The summed E-state index contributed by atoms with van der Waals surface area (Å²) in [6.45, 7) is 0. The molecule has 1 unspecified atom stereocenters. The summed E-state index contributed by atoms with van der Waals surface area (Å²) in [6.07, 6.45) is 2.39. The highest BCUT2D eigenvalue weighted by atomic mass is 14.7. The van der Waals surface area contributed by atoms with Crippen molar-refractivity contribution in [1.82, 2.24) is 0 Å². The minimum Gasteiger partial charge on any atom is -0.327 e. The standard InChI is InChI=1S/C10H13N/c11-10-7-9(10)6-8-4-2-1-3-5-8/h1-5,9-10H,6-7,11H2/t9-,10?/m0/s1. The Morgan fingerprint density at radius 1 is 1.27 bits per heavy atom. The summed E-state index contributed by atoms with van der Waals surface area (Å²) in [5, 5.41) is 0.